The first kappa shape index (κ1) is 9.92. The van der Waals surface area contributed by atoms with E-state index in [4.69, 9.17) is 0 Å². The van der Waals surface area contributed by atoms with E-state index in [1.807, 2.05) is 14.0 Å². The van der Waals surface area contributed by atoms with Crippen LogP contribution in [0.15, 0.2) is 12.4 Å². The van der Waals surface area contributed by atoms with Crippen LogP contribution < -0.4 is 10.6 Å². The van der Waals surface area contributed by atoms with Gasteiger partial charge in [-0.1, -0.05) is 0 Å². The van der Waals surface area contributed by atoms with Gasteiger partial charge in [-0.2, -0.15) is 0 Å². The van der Waals surface area contributed by atoms with Gasteiger partial charge in [-0.15, -0.1) is 0 Å². The number of hydrogen-bond donors (Lipinski definition) is 2. The number of likely N-dealkylation sites (N-methyl/N-ethyl adjacent to an activating group) is 1. The Labute approximate surface area is 78.8 Å². The van der Waals surface area contributed by atoms with Crippen LogP contribution in [-0.4, -0.2) is 29.6 Å². The SMILES string of the molecule is CNC(C)CNc1ncc(C)cn1. The van der Waals surface area contributed by atoms with Crippen LogP contribution in [0.5, 0.6) is 0 Å². The fraction of sp³-hybridized carbons (Fsp3) is 0.556. The topological polar surface area (TPSA) is 49.8 Å². The number of aromatic nitrogens is 2. The highest BCUT2D eigenvalue weighted by molar-refractivity contribution is 5.24. The largest absolute Gasteiger partial charge is 0.353 e. The summed E-state index contributed by atoms with van der Waals surface area (Å²) in [5.74, 6) is 0.688. The lowest BCUT2D eigenvalue weighted by Gasteiger charge is -2.10. The molecule has 0 amide bonds. The second-order valence-corrected chi connectivity index (χ2v) is 3.15. The third-order valence-electron chi connectivity index (χ3n) is 1.84. The lowest BCUT2D eigenvalue weighted by Crippen LogP contribution is -2.29. The highest BCUT2D eigenvalue weighted by atomic mass is 15.1. The van der Waals surface area contributed by atoms with Gasteiger partial charge in [-0.3, -0.25) is 0 Å². The maximum atomic E-state index is 4.13. The first-order valence-corrected chi connectivity index (χ1v) is 4.42. The smallest absolute Gasteiger partial charge is 0.222 e. The number of nitrogens with zero attached hydrogens (tertiary/aromatic N) is 2. The number of nitrogens with one attached hydrogen (secondary N) is 2. The number of hydrogen-bond acceptors (Lipinski definition) is 4. The Hall–Kier alpha value is -1.16. The lowest BCUT2D eigenvalue weighted by molar-refractivity contribution is 0.636. The molecular weight excluding hydrogens is 164 g/mol. The van der Waals surface area contributed by atoms with Crippen molar-refractivity contribution in [2.75, 3.05) is 18.9 Å². The van der Waals surface area contributed by atoms with Crippen molar-refractivity contribution in [3.8, 4) is 0 Å². The van der Waals surface area contributed by atoms with Crippen molar-refractivity contribution < 1.29 is 0 Å². The van der Waals surface area contributed by atoms with Gasteiger partial charge < -0.3 is 10.6 Å². The number of rotatable bonds is 4. The molecule has 2 N–H and O–H groups in total. The molecule has 0 aromatic carbocycles. The van der Waals surface area contributed by atoms with Crippen molar-refractivity contribution in [2.45, 2.75) is 19.9 Å². The summed E-state index contributed by atoms with van der Waals surface area (Å²) in [5.41, 5.74) is 1.08. The van der Waals surface area contributed by atoms with Crippen LogP contribution in [-0.2, 0) is 0 Å². The van der Waals surface area contributed by atoms with Crippen LogP contribution in [0.2, 0.25) is 0 Å². The number of anilines is 1. The summed E-state index contributed by atoms with van der Waals surface area (Å²) in [6, 6.07) is 0.421. The third kappa shape index (κ3) is 3.38. The second-order valence-electron chi connectivity index (χ2n) is 3.15. The Kier molecular flexibility index (Phi) is 3.64. The van der Waals surface area contributed by atoms with Gasteiger partial charge in [0, 0.05) is 25.0 Å². The molecule has 0 aliphatic heterocycles. The molecule has 0 radical (unpaired) electrons. The standard InChI is InChI=1S/C9H16N4/c1-7-4-11-9(12-5-7)13-6-8(2)10-3/h4-5,8,10H,6H2,1-3H3,(H,11,12,13). The Balaban J connectivity index is 2.41. The van der Waals surface area contributed by atoms with Crippen LogP contribution in [0, 0.1) is 6.92 Å². The van der Waals surface area contributed by atoms with Crippen LogP contribution in [0.4, 0.5) is 5.95 Å². The Bertz CT molecular complexity index is 244. The molecule has 1 heterocycles. The van der Waals surface area contributed by atoms with E-state index in [2.05, 4.69) is 27.5 Å². The monoisotopic (exact) mass is 180 g/mol. The van der Waals surface area contributed by atoms with Gasteiger partial charge in [0.15, 0.2) is 0 Å². The molecule has 1 aromatic heterocycles. The van der Waals surface area contributed by atoms with E-state index in [1.54, 1.807) is 12.4 Å². The second kappa shape index (κ2) is 4.77. The minimum absolute atomic E-state index is 0.421. The fourth-order valence-electron chi connectivity index (χ4n) is 0.830. The Morgan fingerprint density at radius 1 is 1.38 bits per heavy atom. The van der Waals surface area contributed by atoms with E-state index in [0.717, 1.165) is 12.1 Å². The normalized spacial score (nSPS) is 12.5. The molecule has 1 unspecified atom stereocenters. The molecule has 0 aliphatic rings. The maximum absolute atomic E-state index is 4.13. The molecular formula is C9H16N4. The van der Waals surface area contributed by atoms with Gasteiger partial charge in [0.2, 0.25) is 5.95 Å². The average molecular weight is 180 g/mol. The first-order chi connectivity index (χ1) is 6.22. The van der Waals surface area contributed by atoms with E-state index in [9.17, 15) is 0 Å². The van der Waals surface area contributed by atoms with Gasteiger partial charge in [0.25, 0.3) is 0 Å². The molecule has 0 saturated heterocycles. The van der Waals surface area contributed by atoms with Gasteiger partial charge in [-0.05, 0) is 26.5 Å². The third-order valence-corrected chi connectivity index (χ3v) is 1.84. The predicted octanol–water partition coefficient (Wildman–Crippen LogP) is 0.805. The fourth-order valence-corrected chi connectivity index (χ4v) is 0.830. The molecule has 1 aromatic rings. The summed E-state index contributed by atoms with van der Waals surface area (Å²) in [4.78, 5) is 8.27. The van der Waals surface area contributed by atoms with Crippen molar-refractivity contribution in [3.05, 3.63) is 18.0 Å². The van der Waals surface area contributed by atoms with E-state index in [-0.39, 0.29) is 0 Å². The van der Waals surface area contributed by atoms with Crippen molar-refractivity contribution in [2.24, 2.45) is 0 Å². The summed E-state index contributed by atoms with van der Waals surface area (Å²) in [7, 11) is 1.93. The molecule has 72 valence electrons. The molecule has 13 heavy (non-hydrogen) atoms. The van der Waals surface area contributed by atoms with Gasteiger partial charge >= 0.3 is 0 Å². The highest BCUT2D eigenvalue weighted by Gasteiger charge is 1.98. The van der Waals surface area contributed by atoms with Crippen molar-refractivity contribution >= 4 is 5.95 Å². The van der Waals surface area contributed by atoms with E-state index >= 15 is 0 Å². The van der Waals surface area contributed by atoms with E-state index in [1.165, 1.54) is 0 Å². The molecule has 0 aliphatic carbocycles. The zero-order valence-electron chi connectivity index (χ0n) is 8.33. The Morgan fingerprint density at radius 3 is 2.54 bits per heavy atom. The van der Waals surface area contributed by atoms with Gasteiger partial charge in [0.1, 0.15) is 0 Å². The van der Waals surface area contributed by atoms with Crippen LogP contribution in [0.25, 0.3) is 0 Å². The minimum Gasteiger partial charge on any atom is -0.353 e. The van der Waals surface area contributed by atoms with Crippen molar-refractivity contribution in [3.63, 3.8) is 0 Å². The average Bonchev–Trinajstić information content (AvgIpc) is 2.16. The Morgan fingerprint density at radius 2 is 2.00 bits per heavy atom. The zero-order valence-corrected chi connectivity index (χ0v) is 8.33. The summed E-state index contributed by atoms with van der Waals surface area (Å²) in [6.07, 6.45) is 3.61. The summed E-state index contributed by atoms with van der Waals surface area (Å²) in [5, 5.41) is 6.27. The van der Waals surface area contributed by atoms with Crippen LogP contribution >= 0.6 is 0 Å². The number of aryl methyl sites for hydroxylation is 1. The molecule has 1 rings (SSSR count). The molecule has 1 atom stereocenters. The summed E-state index contributed by atoms with van der Waals surface area (Å²) >= 11 is 0. The highest BCUT2D eigenvalue weighted by Crippen LogP contribution is 1.97. The molecule has 0 bridgehead atoms. The minimum atomic E-state index is 0.421. The van der Waals surface area contributed by atoms with Crippen molar-refractivity contribution in [1.82, 2.24) is 15.3 Å². The van der Waals surface area contributed by atoms with E-state index in [0.29, 0.717) is 12.0 Å². The predicted molar refractivity (Wildman–Crippen MR) is 53.8 cm³/mol. The lowest BCUT2D eigenvalue weighted by atomic mass is 10.3. The molecule has 4 nitrogen and oxygen atoms in total. The van der Waals surface area contributed by atoms with Crippen molar-refractivity contribution in [1.29, 1.82) is 0 Å². The zero-order chi connectivity index (χ0) is 9.68. The first-order valence-electron chi connectivity index (χ1n) is 4.42. The van der Waals surface area contributed by atoms with Gasteiger partial charge in [0.05, 0.1) is 0 Å². The summed E-state index contributed by atoms with van der Waals surface area (Å²) in [6.45, 7) is 4.90. The molecule has 0 saturated carbocycles. The van der Waals surface area contributed by atoms with E-state index < -0.39 is 0 Å². The summed E-state index contributed by atoms with van der Waals surface area (Å²) < 4.78 is 0. The molecule has 0 spiro atoms. The van der Waals surface area contributed by atoms with Crippen LogP contribution in [0.3, 0.4) is 0 Å². The maximum Gasteiger partial charge on any atom is 0.222 e. The quantitative estimate of drug-likeness (QED) is 0.719. The molecule has 0 fully saturated rings. The van der Waals surface area contributed by atoms with Gasteiger partial charge in [-0.25, -0.2) is 9.97 Å². The molecule has 4 heteroatoms. The van der Waals surface area contributed by atoms with Crippen LogP contribution in [0.1, 0.15) is 12.5 Å².